The summed E-state index contributed by atoms with van der Waals surface area (Å²) < 4.78 is 0. The Labute approximate surface area is 151 Å². The summed E-state index contributed by atoms with van der Waals surface area (Å²) in [7, 11) is 0. The summed E-state index contributed by atoms with van der Waals surface area (Å²) in [5.74, 6) is -0.224. The van der Waals surface area contributed by atoms with Crippen LogP contribution in [0, 0.1) is 11.8 Å². The molecule has 140 valence electrons. The van der Waals surface area contributed by atoms with Crippen molar-refractivity contribution in [1.82, 2.24) is 10.6 Å². The molecule has 1 aromatic carbocycles. The highest BCUT2D eigenvalue weighted by Gasteiger charge is 2.21. The predicted molar refractivity (Wildman–Crippen MR) is 102 cm³/mol. The molecule has 0 aliphatic carbocycles. The zero-order valence-electron chi connectivity index (χ0n) is 16.1. The molecule has 0 radical (unpaired) electrons. The highest BCUT2D eigenvalue weighted by atomic mass is 16.2. The Balaban J connectivity index is 2.65. The molecule has 5 heteroatoms. The van der Waals surface area contributed by atoms with Crippen molar-refractivity contribution < 1.29 is 9.59 Å². The molecule has 0 fully saturated rings. The van der Waals surface area contributed by atoms with Gasteiger partial charge in [0.05, 0.1) is 18.6 Å². The van der Waals surface area contributed by atoms with Gasteiger partial charge >= 0.3 is 0 Å². The number of aryl methyl sites for hydroxylation is 1. The third-order valence-corrected chi connectivity index (χ3v) is 4.30. The Morgan fingerprint density at radius 1 is 1.04 bits per heavy atom. The molecule has 0 saturated carbocycles. The lowest BCUT2D eigenvalue weighted by Crippen LogP contribution is -2.47. The Bertz CT molecular complexity index is 553. The van der Waals surface area contributed by atoms with Crippen molar-refractivity contribution in [1.29, 1.82) is 0 Å². The largest absolute Gasteiger partial charge is 0.348 e. The molecule has 1 aromatic rings. The Kier molecular flexibility index (Phi) is 8.62. The Morgan fingerprint density at radius 3 is 2.12 bits per heavy atom. The first-order chi connectivity index (χ1) is 11.8. The number of nitrogens with two attached hydrogens (primary N) is 1. The van der Waals surface area contributed by atoms with Crippen LogP contribution in [-0.4, -0.2) is 24.4 Å². The number of hydrogen-bond donors (Lipinski definition) is 3. The molecule has 1 unspecified atom stereocenters. The molecule has 0 spiro atoms. The van der Waals surface area contributed by atoms with Gasteiger partial charge in [0.25, 0.3) is 0 Å². The van der Waals surface area contributed by atoms with Crippen LogP contribution in [0.1, 0.15) is 58.2 Å². The van der Waals surface area contributed by atoms with Crippen molar-refractivity contribution in [2.24, 2.45) is 17.6 Å². The fourth-order valence-electron chi connectivity index (χ4n) is 2.63. The standard InChI is InChI=1S/C20H33N3O2/c1-6-7-15-8-10-16(11-9-15)19(14(4)5)23-17(24)12-22-20(25)18(21)13(2)3/h8-11,13-14,18-19H,6-7,12,21H2,1-5H3,(H,22,25)(H,23,24)/t18-,19?/m0/s1. The highest BCUT2D eigenvalue weighted by Crippen LogP contribution is 2.22. The maximum absolute atomic E-state index is 12.2. The summed E-state index contributed by atoms with van der Waals surface area (Å²) in [4.78, 5) is 24.1. The van der Waals surface area contributed by atoms with Crippen LogP contribution in [0.4, 0.5) is 0 Å². The molecule has 4 N–H and O–H groups in total. The first-order valence-corrected chi connectivity index (χ1v) is 9.17. The molecule has 0 saturated heterocycles. The third-order valence-electron chi connectivity index (χ3n) is 4.30. The average molecular weight is 348 g/mol. The van der Waals surface area contributed by atoms with Gasteiger partial charge in [-0.2, -0.15) is 0 Å². The molecular weight excluding hydrogens is 314 g/mol. The van der Waals surface area contributed by atoms with Crippen LogP contribution in [-0.2, 0) is 16.0 Å². The fraction of sp³-hybridized carbons (Fsp3) is 0.600. The minimum atomic E-state index is -0.597. The van der Waals surface area contributed by atoms with Crippen LogP contribution in [0.15, 0.2) is 24.3 Å². The monoisotopic (exact) mass is 347 g/mol. The average Bonchev–Trinajstić information content (AvgIpc) is 2.57. The van der Waals surface area contributed by atoms with Crippen LogP contribution in [0.3, 0.4) is 0 Å². The summed E-state index contributed by atoms with van der Waals surface area (Å²) in [6.45, 7) is 9.99. The number of rotatable bonds is 9. The molecule has 2 atom stereocenters. The normalized spacial score (nSPS) is 13.6. The van der Waals surface area contributed by atoms with Crippen LogP contribution in [0.2, 0.25) is 0 Å². The van der Waals surface area contributed by atoms with Crippen LogP contribution in [0.5, 0.6) is 0 Å². The maximum Gasteiger partial charge on any atom is 0.239 e. The fourth-order valence-corrected chi connectivity index (χ4v) is 2.63. The van der Waals surface area contributed by atoms with E-state index in [1.54, 1.807) is 0 Å². The molecule has 0 aliphatic rings. The third kappa shape index (κ3) is 6.86. The number of carbonyl (C=O) groups excluding carboxylic acids is 2. The van der Waals surface area contributed by atoms with Gasteiger partial charge in [-0.25, -0.2) is 0 Å². The summed E-state index contributed by atoms with van der Waals surface area (Å²) in [5, 5.41) is 5.62. The minimum absolute atomic E-state index is 0.0353. The van der Waals surface area contributed by atoms with E-state index in [2.05, 4.69) is 55.7 Å². The minimum Gasteiger partial charge on any atom is -0.348 e. The van der Waals surface area contributed by atoms with Gasteiger partial charge in [-0.1, -0.05) is 65.3 Å². The molecule has 0 aromatic heterocycles. The predicted octanol–water partition coefficient (Wildman–Crippen LogP) is 2.55. The lowest BCUT2D eigenvalue weighted by Gasteiger charge is -2.23. The molecule has 0 aliphatic heterocycles. The zero-order chi connectivity index (χ0) is 19.0. The van der Waals surface area contributed by atoms with E-state index in [1.165, 1.54) is 5.56 Å². The van der Waals surface area contributed by atoms with Gasteiger partial charge in [0.1, 0.15) is 0 Å². The molecule has 0 heterocycles. The van der Waals surface area contributed by atoms with Gasteiger partial charge in [-0.05, 0) is 29.4 Å². The second-order valence-electron chi connectivity index (χ2n) is 7.27. The molecule has 2 amide bonds. The summed E-state index contributed by atoms with van der Waals surface area (Å²) >= 11 is 0. The van der Waals surface area contributed by atoms with Crippen molar-refractivity contribution in [3.05, 3.63) is 35.4 Å². The van der Waals surface area contributed by atoms with Crippen molar-refractivity contribution >= 4 is 11.8 Å². The lowest BCUT2D eigenvalue weighted by molar-refractivity contribution is -0.127. The topological polar surface area (TPSA) is 84.2 Å². The SMILES string of the molecule is CCCc1ccc(C(NC(=O)CNC(=O)[C@@H](N)C(C)C)C(C)C)cc1. The quantitative estimate of drug-likeness (QED) is 0.642. The maximum atomic E-state index is 12.2. The van der Waals surface area contributed by atoms with E-state index in [-0.39, 0.29) is 36.2 Å². The first kappa shape index (κ1) is 21.2. The van der Waals surface area contributed by atoms with E-state index in [4.69, 9.17) is 5.73 Å². The van der Waals surface area contributed by atoms with E-state index >= 15 is 0 Å². The van der Waals surface area contributed by atoms with Gasteiger partial charge in [0, 0.05) is 0 Å². The summed E-state index contributed by atoms with van der Waals surface area (Å²) in [6.07, 6.45) is 2.17. The van der Waals surface area contributed by atoms with Crippen molar-refractivity contribution in [2.45, 2.75) is 59.5 Å². The lowest BCUT2D eigenvalue weighted by atomic mass is 9.94. The van der Waals surface area contributed by atoms with Crippen molar-refractivity contribution in [3.63, 3.8) is 0 Å². The van der Waals surface area contributed by atoms with Crippen LogP contribution >= 0.6 is 0 Å². The second-order valence-corrected chi connectivity index (χ2v) is 7.27. The Morgan fingerprint density at radius 2 is 1.64 bits per heavy atom. The molecule has 25 heavy (non-hydrogen) atoms. The number of hydrogen-bond acceptors (Lipinski definition) is 3. The van der Waals surface area contributed by atoms with E-state index in [0.717, 1.165) is 18.4 Å². The molecule has 0 bridgehead atoms. The van der Waals surface area contributed by atoms with Crippen molar-refractivity contribution in [3.8, 4) is 0 Å². The number of carbonyl (C=O) groups is 2. The smallest absolute Gasteiger partial charge is 0.239 e. The Hall–Kier alpha value is -1.88. The van der Waals surface area contributed by atoms with E-state index in [0.29, 0.717) is 0 Å². The van der Waals surface area contributed by atoms with Crippen LogP contribution < -0.4 is 16.4 Å². The van der Waals surface area contributed by atoms with Gasteiger partial charge in [0.15, 0.2) is 0 Å². The van der Waals surface area contributed by atoms with Crippen molar-refractivity contribution in [2.75, 3.05) is 6.54 Å². The molecular formula is C20H33N3O2. The van der Waals surface area contributed by atoms with E-state index in [1.807, 2.05) is 13.8 Å². The van der Waals surface area contributed by atoms with Gasteiger partial charge in [0.2, 0.25) is 11.8 Å². The number of amides is 2. The zero-order valence-corrected chi connectivity index (χ0v) is 16.1. The van der Waals surface area contributed by atoms with Gasteiger partial charge in [-0.15, -0.1) is 0 Å². The summed E-state index contributed by atoms with van der Waals surface area (Å²) in [6, 6.07) is 7.69. The molecule has 5 nitrogen and oxygen atoms in total. The highest BCUT2D eigenvalue weighted by molar-refractivity contribution is 5.87. The van der Waals surface area contributed by atoms with Gasteiger partial charge < -0.3 is 16.4 Å². The molecule has 1 rings (SSSR count). The number of nitrogens with one attached hydrogen (secondary N) is 2. The van der Waals surface area contributed by atoms with E-state index < -0.39 is 6.04 Å². The van der Waals surface area contributed by atoms with E-state index in [9.17, 15) is 9.59 Å². The second kappa shape index (κ2) is 10.2. The summed E-state index contributed by atoms with van der Waals surface area (Å²) in [5.41, 5.74) is 8.16. The van der Waals surface area contributed by atoms with Crippen LogP contribution in [0.25, 0.3) is 0 Å². The number of benzene rings is 1. The first-order valence-electron chi connectivity index (χ1n) is 9.17. The van der Waals surface area contributed by atoms with Gasteiger partial charge in [-0.3, -0.25) is 9.59 Å².